The minimum Gasteiger partial charge on any atom is -0.384 e. The number of fused-ring (bicyclic) bond motifs is 1. The van der Waals surface area contributed by atoms with Gasteiger partial charge in [0.1, 0.15) is 5.82 Å². The van der Waals surface area contributed by atoms with Crippen LogP contribution in [-0.4, -0.2) is 27.3 Å². The molecule has 1 aromatic heterocycles. The van der Waals surface area contributed by atoms with E-state index in [0.717, 1.165) is 12.8 Å². The highest BCUT2D eigenvalue weighted by Gasteiger charge is 2.53. The van der Waals surface area contributed by atoms with Crippen molar-refractivity contribution >= 4 is 17.4 Å². The quantitative estimate of drug-likeness (QED) is 0.826. The third-order valence-corrected chi connectivity index (χ3v) is 4.84. The van der Waals surface area contributed by atoms with Gasteiger partial charge < -0.3 is 15.7 Å². The number of nitriles is 1. The fourth-order valence-electron chi connectivity index (χ4n) is 3.59. The van der Waals surface area contributed by atoms with Gasteiger partial charge in [-0.1, -0.05) is 31.5 Å². The molecule has 0 bridgehead atoms. The van der Waals surface area contributed by atoms with E-state index in [-0.39, 0.29) is 12.2 Å². The van der Waals surface area contributed by atoms with Gasteiger partial charge in [0.2, 0.25) is 5.60 Å². The number of rotatable bonds is 6. The van der Waals surface area contributed by atoms with E-state index in [4.69, 9.17) is 11.0 Å². The molecule has 136 valence electrons. The molecule has 0 fully saturated rings. The van der Waals surface area contributed by atoms with E-state index in [1.165, 1.54) is 4.68 Å². The number of aryl methyl sites for hydroxylation is 2. The fraction of sp³-hybridized carbons (Fsp3) is 0.421. The van der Waals surface area contributed by atoms with Crippen LogP contribution in [0.2, 0.25) is 0 Å². The van der Waals surface area contributed by atoms with Gasteiger partial charge in [-0.15, -0.1) is 0 Å². The van der Waals surface area contributed by atoms with Crippen LogP contribution in [0.3, 0.4) is 0 Å². The number of para-hydroxylation sites is 1. The largest absolute Gasteiger partial charge is 0.384 e. The lowest BCUT2D eigenvalue weighted by atomic mass is 9.87. The number of benzene rings is 1. The van der Waals surface area contributed by atoms with Gasteiger partial charge >= 0.3 is 0 Å². The third kappa shape index (κ3) is 2.54. The number of nitrogens with two attached hydrogens (primary N) is 1. The number of unbranched alkanes of at least 4 members (excludes halogenated alkanes) is 1. The molecule has 7 nitrogen and oxygen atoms in total. The monoisotopic (exact) mass is 353 g/mol. The Morgan fingerprint density at radius 1 is 1.35 bits per heavy atom. The molecule has 2 heterocycles. The van der Waals surface area contributed by atoms with Crippen molar-refractivity contribution in [2.45, 2.75) is 45.3 Å². The van der Waals surface area contributed by atoms with Gasteiger partial charge in [-0.25, -0.2) is 4.68 Å². The van der Waals surface area contributed by atoms with Gasteiger partial charge in [-0.05, 0) is 19.4 Å². The average Bonchev–Trinajstić information content (AvgIpc) is 3.04. The lowest BCUT2D eigenvalue weighted by Crippen LogP contribution is -2.42. The van der Waals surface area contributed by atoms with E-state index in [1.54, 1.807) is 24.0 Å². The Hall–Kier alpha value is -2.85. The smallest absolute Gasteiger partial charge is 0.268 e. The van der Waals surface area contributed by atoms with E-state index in [0.29, 0.717) is 35.6 Å². The molecule has 1 aliphatic heterocycles. The first-order valence-corrected chi connectivity index (χ1v) is 8.80. The molecule has 0 spiro atoms. The molecule has 0 saturated heterocycles. The summed E-state index contributed by atoms with van der Waals surface area (Å²) in [4.78, 5) is 14.9. The Morgan fingerprint density at radius 3 is 2.77 bits per heavy atom. The zero-order chi connectivity index (χ0) is 18.9. The summed E-state index contributed by atoms with van der Waals surface area (Å²) < 4.78 is 1.48. The lowest BCUT2D eigenvalue weighted by Gasteiger charge is -2.23. The van der Waals surface area contributed by atoms with Crippen LogP contribution < -0.4 is 10.6 Å². The first kappa shape index (κ1) is 18.0. The zero-order valence-electron chi connectivity index (χ0n) is 15.1. The Morgan fingerprint density at radius 2 is 2.08 bits per heavy atom. The first-order chi connectivity index (χ1) is 12.5. The molecule has 0 radical (unpaired) electrons. The van der Waals surface area contributed by atoms with Crippen LogP contribution in [0.5, 0.6) is 0 Å². The molecule has 26 heavy (non-hydrogen) atoms. The highest BCUT2D eigenvalue weighted by Crippen LogP contribution is 2.47. The number of anilines is 2. The number of hydrogen-bond donors (Lipinski definition) is 2. The van der Waals surface area contributed by atoms with Crippen molar-refractivity contribution in [1.82, 2.24) is 9.78 Å². The number of nitrogens with zero attached hydrogens (tertiary/aromatic N) is 4. The SMILES string of the molecule is CCCCN1C(=O)[C@@](O)(c2c(C)nn(CCC#N)c2N)c2ccccc21. The Bertz CT molecular complexity index is 883. The molecular weight excluding hydrogens is 330 g/mol. The molecule has 3 rings (SSSR count). The summed E-state index contributed by atoms with van der Waals surface area (Å²) in [5.41, 5.74) is 6.41. The summed E-state index contributed by atoms with van der Waals surface area (Å²) >= 11 is 0. The Kier molecular flexibility index (Phi) is 4.70. The van der Waals surface area contributed by atoms with E-state index in [9.17, 15) is 9.90 Å². The first-order valence-electron chi connectivity index (χ1n) is 8.80. The predicted molar refractivity (Wildman–Crippen MR) is 98.3 cm³/mol. The summed E-state index contributed by atoms with van der Waals surface area (Å²) in [5, 5.41) is 24.7. The summed E-state index contributed by atoms with van der Waals surface area (Å²) in [7, 11) is 0. The topological polar surface area (TPSA) is 108 Å². The molecule has 3 N–H and O–H groups in total. The second-order valence-corrected chi connectivity index (χ2v) is 6.51. The van der Waals surface area contributed by atoms with Crippen molar-refractivity contribution in [3.63, 3.8) is 0 Å². The number of aromatic nitrogens is 2. The second-order valence-electron chi connectivity index (χ2n) is 6.51. The van der Waals surface area contributed by atoms with Crippen LogP contribution >= 0.6 is 0 Å². The highest BCUT2D eigenvalue weighted by atomic mass is 16.3. The molecule has 1 amide bonds. The van der Waals surface area contributed by atoms with Gasteiger partial charge in [-0.3, -0.25) is 4.79 Å². The maximum Gasteiger partial charge on any atom is 0.268 e. The van der Waals surface area contributed by atoms with Crippen LogP contribution in [0.4, 0.5) is 11.5 Å². The molecule has 0 saturated carbocycles. The van der Waals surface area contributed by atoms with Crippen molar-refractivity contribution in [1.29, 1.82) is 5.26 Å². The predicted octanol–water partition coefficient (Wildman–Crippen LogP) is 2.07. The Labute approximate surface area is 152 Å². The third-order valence-electron chi connectivity index (χ3n) is 4.84. The van der Waals surface area contributed by atoms with Crippen LogP contribution in [-0.2, 0) is 16.9 Å². The van der Waals surface area contributed by atoms with E-state index >= 15 is 0 Å². The van der Waals surface area contributed by atoms with E-state index in [2.05, 4.69) is 18.1 Å². The molecule has 0 unspecified atom stereocenters. The van der Waals surface area contributed by atoms with Crippen LogP contribution in [0.25, 0.3) is 0 Å². The normalized spacial score (nSPS) is 18.8. The van der Waals surface area contributed by atoms with Gasteiger partial charge in [0, 0.05) is 12.1 Å². The van der Waals surface area contributed by atoms with Crippen molar-refractivity contribution < 1.29 is 9.90 Å². The minimum absolute atomic E-state index is 0.223. The van der Waals surface area contributed by atoms with Gasteiger partial charge in [-0.2, -0.15) is 10.4 Å². The summed E-state index contributed by atoms with van der Waals surface area (Å²) in [6.07, 6.45) is 2.03. The lowest BCUT2D eigenvalue weighted by molar-refractivity contribution is -0.132. The van der Waals surface area contributed by atoms with Crippen molar-refractivity contribution in [2.24, 2.45) is 0 Å². The molecule has 1 aliphatic rings. The number of amides is 1. The van der Waals surface area contributed by atoms with E-state index in [1.807, 2.05) is 12.1 Å². The van der Waals surface area contributed by atoms with Crippen molar-refractivity contribution in [3.8, 4) is 6.07 Å². The van der Waals surface area contributed by atoms with Crippen molar-refractivity contribution in [2.75, 3.05) is 17.2 Å². The van der Waals surface area contributed by atoms with Crippen LogP contribution in [0.1, 0.15) is 43.0 Å². The van der Waals surface area contributed by atoms with Crippen LogP contribution in [0, 0.1) is 18.3 Å². The standard InChI is InChI=1S/C19H23N5O2/c1-3-4-11-23-15-9-6-5-8-14(15)19(26,18(23)25)16-13(2)22-24(17(16)21)12-7-10-20/h5-6,8-9,26H,3-4,7,11-12,21H2,1-2H3/t19-/m0/s1. The molecule has 1 atom stereocenters. The van der Waals surface area contributed by atoms with Gasteiger partial charge in [0.15, 0.2) is 0 Å². The molecule has 1 aromatic carbocycles. The maximum atomic E-state index is 13.2. The van der Waals surface area contributed by atoms with Crippen LogP contribution in [0.15, 0.2) is 24.3 Å². The number of aliphatic hydroxyl groups is 1. The zero-order valence-corrected chi connectivity index (χ0v) is 15.1. The van der Waals surface area contributed by atoms with Gasteiger partial charge in [0.05, 0.1) is 36.0 Å². The summed E-state index contributed by atoms with van der Waals surface area (Å²) in [6.45, 7) is 4.63. The second kappa shape index (κ2) is 6.81. The minimum atomic E-state index is -1.86. The average molecular weight is 353 g/mol. The van der Waals surface area contributed by atoms with E-state index < -0.39 is 11.5 Å². The summed E-state index contributed by atoms with van der Waals surface area (Å²) in [6, 6.07) is 9.29. The molecule has 2 aromatic rings. The van der Waals surface area contributed by atoms with Gasteiger partial charge in [0.25, 0.3) is 5.91 Å². The number of nitrogen functional groups attached to an aromatic ring is 1. The Balaban J connectivity index is 2.14. The highest BCUT2D eigenvalue weighted by molar-refractivity contribution is 6.09. The molecule has 7 heteroatoms. The number of carbonyl (C=O) groups excluding carboxylic acids is 1. The van der Waals surface area contributed by atoms with Crippen molar-refractivity contribution in [3.05, 3.63) is 41.1 Å². The fourth-order valence-corrected chi connectivity index (χ4v) is 3.59. The molecular formula is C19H23N5O2. The number of hydrogen-bond acceptors (Lipinski definition) is 5. The molecule has 0 aliphatic carbocycles. The number of carbonyl (C=O) groups is 1. The maximum absolute atomic E-state index is 13.2. The summed E-state index contributed by atoms with van der Waals surface area (Å²) in [5.74, 6) is -0.178.